The van der Waals surface area contributed by atoms with Crippen LogP contribution in [0.15, 0.2) is 79.0 Å². The van der Waals surface area contributed by atoms with Crippen LogP contribution < -0.4 is 4.74 Å². The van der Waals surface area contributed by atoms with Crippen molar-refractivity contribution in [1.82, 2.24) is 4.98 Å². The number of pyridine rings is 1. The highest BCUT2D eigenvalue weighted by atomic mass is 19.1. The standard InChI is InChI=1S/C30H28FNO/c1-2-3-4-19-33-30-18-17-29(32-22-30)16-12-24-7-5-23(6-8-24)9-10-25-11-13-27-21-28(31)15-14-26(27)20-25/h5-8,11,13-15,17-18,20-22H,2-4,12,16,19H2,1H3. The molecule has 0 aliphatic rings. The molecule has 0 saturated carbocycles. The fourth-order valence-electron chi connectivity index (χ4n) is 3.65. The molecule has 33 heavy (non-hydrogen) atoms. The summed E-state index contributed by atoms with van der Waals surface area (Å²) in [6.45, 7) is 2.94. The van der Waals surface area contributed by atoms with Gasteiger partial charge in [-0.3, -0.25) is 4.98 Å². The minimum atomic E-state index is -0.221. The van der Waals surface area contributed by atoms with Crippen molar-refractivity contribution in [3.05, 3.63) is 107 Å². The molecule has 0 fully saturated rings. The predicted octanol–water partition coefficient (Wildman–Crippen LogP) is 7.13. The van der Waals surface area contributed by atoms with Crippen molar-refractivity contribution in [2.75, 3.05) is 6.61 Å². The quantitative estimate of drug-likeness (QED) is 0.216. The van der Waals surface area contributed by atoms with Gasteiger partial charge in [-0.2, -0.15) is 0 Å². The van der Waals surface area contributed by atoms with Crippen molar-refractivity contribution >= 4 is 10.8 Å². The number of aryl methyl sites for hydroxylation is 2. The average molecular weight is 438 g/mol. The van der Waals surface area contributed by atoms with Gasteiger partial charge in [0.05, 0.1) is 12.8 Å². The zero-order chi connectivity index (χ0) is 22.9. The van der Waals surface area contributed by atoms with Crippen LogP contribution >= 0.6 is 0 Å². The first-order valence-corrected chi connectivity index (χ1v) is 11.6. The number of fused-ring (bicyclic) bond motifs is 1. The van der Waals surface area contributed by atoms with Gasteiger partial charge in [0, 0.05) is 16.8 Å². The summed E-state index contributed by atoms with van der Waals surface area (Å²) in [7, 11) is 0. The van der Waals surface area contributed by atoms with Crippen LogP contribution in [-0.4, -0.2) is 11.6 Å². The van der Waals surface area contributed by atoms with Crippen molar-refractivity contribution in [1.29, 1.82) is 0 Å². The number of hydrogen-bond donors (Lipinski definition) is 0. The van der Waals surface area contributed by atoms with E-state index >= 15 is 0 Å². The van der Waals surface area contributed by atoms with Crippen molar-refractivity contribution in [3.63, 3.8) is 0 Å². The smallest absolute Gasteiger partial charge is 0.137 e. The summed E-state index contributed by atoms with van der Waals surface area (Å²) >= 11 is 0. The van der Waals surface area contributed by atoms with E-state index in [0.717, 1.165) is 59.2 Å². The van der Waals surface area contributed by atoms with Crippen molar-refractivity contribution in [2.45, 2.75) is 39.0 Å². The second kappa shape index (κ2) is 11.3. The molecule has 0 saturated heterocycles. The van der Waals surface area contributed by atoms with Crippen LogP contribution in [0, 0.1) is 17.7 Å². The van der Waals surface area contributed by atoms with Gasteiger partial charge in [-0.25, -0.2) is 4.39 Å². The lowest BCUT2D eigenvalue weighted by molar-refractivity contribution is 0.305. The van der Waals surface area contributed by atoms with Gasteiger partial charge >= 0.3 is 0 Å². The van der Waals surface area contributed by atoms with Crippen LogP contribution in [0.25, 0.3) is 10.8 Å². The predicted molar refractivity (Wildman–Crippen MR) is 133 cm³/mol. The van der Waals surface area contributed by atoms with E-state index in [-0.39, 0.29) is 5.82 Å². The molecule has 0 atom stereocenters. The molecular formula is C30H28FNO. The number of ether oxygens (including phenoxy) is 1. The molecule has 0 N–H and O–H groups in total. The van der Waals surface area contributed by atoms with E-state index in [0.29, 0.717) is 0 Å². The number of benzene rings is 3. The van der Waals surface area contributed by atoms with Gasteiger partial charge < -0.3 is 4.74 Å². The van der Waals surface area contributed by atoms with E-state index in [2.05, 4.69) is 48.0 Å². The molecule has 4 rings (SSSR count). The normalized spacial score (nSPS) is 10.6. The minimum absolute atomic E-state index is 0.221. The number of aromatic nitrogens is 1. The van der Waals surface area contributed by atoms with Gasteiger partial charge in [-0.15, -0.1) is 0 Å². The molecule has 0 aliphatic heterocycles. The van der Waals surface area contributed by atoms with Gasteiger partial charge in [-0.05, 0) is 84.1 Å². The zero-order valence-electron chi connectivity index (χ0n) is 19.0. The van der Waals surface area contributed by atoms with Crippen LogP contribution in [0.4, 0.5) is 4.39 Å². The minimum Gasteiger partial charge on any atom is -0.492 e. The topological polar surface area (TPSA) is 22.1 Å². The molecule has 0 spiro atoms. The van der Waals surface area contributed by atoms with Crippen LogP contribution in [0.2, 0.25) is 0 Å². The summed E-state index contributed by atoms with van der Waals surface area (Å²) in [6, 6.07) is 23.0. The molecule has 0 aliphatic carbocycles. The Morgan fingerprint density at radius 3 is 2.33 bits per heavy atom. The maximum absolute atomic E-state index is 13.3. The highest BCUT2D eigenvalue weighted by molar-refractivity contribution is 5.83. The van der Waals surface area contributed by atoms with Crippen molar-refractivity contribution < 1.29 is 9.13 Å². The van der Waals surface area contributed by atoms with E-state index in [4.69, 9.17) is 4.74 Å². The van der Waals surface area contributed by atoms with E-state index in [9.17, 15) is 4.39 Å². The molecule has 0 bridgehead atoms. The SMILES string of the molecule is CCCCCOc1ccc(CCc2ccc(C#Cc3ccc4cc(F)ccc4c3)cc2)nc1. The van der Waals surface area contributed by atoms with Crippen molar-refractivity contribution in [3.8, 4) is 17.6 Å². The Morgan fingerprint density at radius 2 is 1.55 bits per heavy atom. The Hall–Kier alpha value is -3.64. The average Bonchev–Trinajstić information content (AvgIpc) is 2.85. The molecule has 0 unspecified atom stereocenters. The maximum Gasteiger partial charge on any atom is 0.137 e. The highest BCUT2D eigenvalue weighted by Crippen LogP contribution is 2.17. The largest absolute Gasteiger partial charge is 0.492 e. The molecule has 166 valence electrons. The molecule has 3 heteroatoms. The number of rotatable bonds is 8. The summed E-state index contributed by atoms with van der Waals surface area (Å²) < 4.78 is 19.1. The van der Waals surface area contributed by atoms with Crippen LogP contribution in [0.1, 0.15) is 48.6 Å². The van der Waals surface area contributed by atoms with E-state index < -0.39 is 0 Å². The fourth-order valence-corrected chi connectivity index (χ4v) is 3.65. The molecule has 2 nitrogen and oxygen atoms in total. The van der Waals surface area contributed by atoms with Crippen molar-refractivity contribution in [2.24, 2.45) is 0 Å². The van der Waals surface area contributed by atoms with E-state index in [1.807, 2.05) is 36.5 Å². The summed E-state index contributed by atoms with van der Waals surface area (Å²) in [5.41, 5.74) is 4.22. The number of hydrogen-bond acceptors (Lipinski definition) is 2. The molecule has 0 amide bonds. The zero-order valence-corrected chi connectivity index (χ0v) is 19.0. The first-order chi connectivity index (χ1) is 16.2. The Balaban J connectivity index is 1.30. The number of nitrogens with zero attached hydrogens (tertiary/aromatic N) is 1. The van der Waals surface area contributed by atoms with Gasteiger partial charge in [0.15, 0.2) is 0 Å². The van der Waals surface area contributed by atoms with Crippen LogP contribution in [0.5, 0.6) is 5.75 Å². The van der Waals surface area contributed by atoms with Crippen LogP contribution in [-0.2, 0) is 12.8 Å². The third kappa shape index (κ3) is 6.67. The second-order valence-corrected chi connectivity index (χ2v) is 8.19. The maximum atomic E-state index is 13.3. The molecule has 0 radical (unpaired) electrons. The Bertz CT molecular complexity index is 1250. The first kappa shape index (κ1) is 22.6. The Kier molecular flexibility index (Phi) is 7.72. The van der Waals surface area contributed by atoms with E-state index in [1.54, 1.807) is 6.07 Å². The highest BCUT2D eigenvalue weighted by Gasteiger charge is 2.00. The lowest BCUT2D eigenvalue weighted by Gasteiger charge is -2.06. The molecule has 4 aromatic rings. The Labute approximate surface area is 195 Å². The molecule has 1 heterocycles. The third-order valence-corrected chi connectivity index (χ3v) is 5.59. The molecule has 3 aromatic carbocycles. The summed E-state index contributed by atoms with van der Waals surface area (Å²) in [4.78, 5) is 4.53. The second-order valence-electron chi connectivity index (χ2n) is 8.19. The summed E-state index contributed by atoms with van der Waals surface area (Å²) in [5.74, 6) is 7.05. The number of halogens is 1. The van der Waals surface area contributed by atoms with Gasteiger partial charge in [0.2, 0.25) is 0 Å². The van der Waals surface area contributed by atoms with Gasteiger partial charge in [-0.1, -0.05) is 55.9 Å². The van der Waals surface area contributed by atoms with E-state index in [1.165, 1.54) is 30.5 Å². The van der Waals surface area contributed by atoms with Gasteiger partial charge in [0.1, 0.15) is 11.6 Å². The lowest BCUT2D eigenvalue weighted by Crippen LogP contribution is -1.99. The summed E-state index contributed by atoms with van der Waals surface area (Å²) in [5, 5.41) is 1.87. The first-order valence-electron chi connectivity index (χ1n) is 11.6. The Morgan fingerprint density at radius 1 is 0.788 bits per heavy atom. The lowest BCUT2D eigenvalue weighted by atomic mass is 10.0. The molecular weight excluding hydrogens is 409 g/mol. The number of unbranched alkanes of at least 4 members (excludes halogenated alkanes) is 2. The fraction of sp³-hybridized carbons (Fsp3) is 0.233. The monoisotopic (exact) mass is 437 g/mol. The summed E-state index contributed by atoms with van der Waals surface area (Å²) in [6.07, 6.45) is 7.12. The molecule has 1 aromatic heterocycles. The third-order valence-electron chi connectivity index (χ3n) is 5.59. The van der Waals surface area contributed by atoms with Crippen LogP contribution in [0.3, 0.4) is 0 Å². The van der Waals surface area contributed by atoms with Gasteiger partial charge in [0.25, 0.3) is 0 Å².